The second-order valence-corrected chi connectivity index (χ2v) is 3.58. The van der Waals surface area contributed by atoms with E-state index in [4.69, 9.17) is 0 Å². The first-order chi connectivity index (χ1) is 4.02. The third-order valence-corrected chi connectivity index (χ3v) is 2.80. The maximum atomic E-state index is 10.2. The molecule has 0 saturated heterocycles. The van der Waals surface area contributed by atoms with Crippen LogP contribution >= 0.6 is 0 Å². The standard InChI is InChI=1S/C5H12O3S.Li/c1-3-5(4-2)9(6,7)8;/h5H,3-4H2,1-2H3,(H,6,7,8);/q;+1/p-1. The topological polar surface area (TPSA) is 57.2 Å². The van der Waals surface area contributed by atoms with E-state index < -0.39 is 15.4 Å². The molecule has 0 aliphatic rings. The van der Waals surface area contributed by atoms with Crippen LogP contribution in [-0.2, 0) is 10.1 Å². The normalized spacial score (nSPS) is 11.2. The van der Waals surface area contributed by atoms with Crippen LogP contribution in [0, 0.1) is 0 Å². The molecule has 5 heteroatoms. The van der Waals surface area contributed by atoms with Gasteiger partial charge in [-0.05, 0) is 12.8 Å². The second kappa shape index (κ2) is 5.20. The molecule has 0 aromatic carbocycles. The molecule has 0 bridgehead atoms. The van der Waals surface area contributed by atoms with Crippen molar-refractivity contribution < 1.29 is 31.8 Å². The summed E-state index contributed by atoms with van der Waals surface area (Å²) in [5.74, 6) is 0. The van der Waals surface area contributed by atoms with E-state index in [0.717, 1.165) is 0 Å². The summed E-state index contributed by atoms with van der Waals surface area (Å²) >= 11 is 0. The molecule has 0 aromatic heterocycles. The zero-order valence-corrected chi connectivity index (χ0v) is 7.44. The van der Waals surface area contributed by atoms with Crippen LogP contribution in [0.5, 0.6) is 0 Å². The van der Waals surface area contributed by atoms with E-state index in [1.807, 2.05) is 0 Å². The van der Waals surface area contributed by atoms with Crippen LogP contribution in [0.3, 0.4) is 0 Å². The minimum absolute atomic E-state index is 0. The molecule has 0 aliphatic carbocycles. The van der Waals surface area contributed by atoms with Gasteiger partial charge in [-0.25, -0.2) is 8.42 Å². The van der Waals surface area contributed by atoms with Gasteiger partial charge in [-0.1, -0.05) is 13.8 Å². The Kier molecular flexibility index (Phi) is 6.82. The Morgan fingerprint density at radius 2 is 1.60 bits per heavy atom. The Hall–Kier alpha value is 0.507. The van der Waals surface area contributed by atoms with Gasteiger partial charge in [0, 0.05) is 5.25 Å². The van der Waals surface area contributed by atoms with Crippen LogP contribution in [0.15, 0.2) is 0 Å². The van der Waals surface area contributed by atoms with Crippen molar-refractivity contribution in [1.29, 1.82) is 0 Å². The van der Waals surface area contributed by atoms with E-state index in [1.165, 1.54) is 0 Å². The van der Waals surface area contributed by atoms with Gasteiger partial charge in [0.2, 0.25) is 0 Å². The van der Waals surface area contributed by atoms with E-state index in [-0.39, 0.29) is 18.9 Å². The second-order valence-electron chi connectivity index (χ2n) is 1.93. The van der Waals surface area contributed by atoms with Crippen molar-refractivity contribution >= 4 is 10.1 Å². The van der Waals surface area contributed by atoms with Gasteiger partial charge in [-0.2, -0.15) is 0 Å². The van der Waals surface area contributed by atoms with E-state index in [1.54, 1.807) is 13.8 Å². The minimum atomic E-state index is -4.02. The van der Waals surface area contributed by atoms with Gasteiger partial charge in [-0.3, -0.25) is 0 Å². The Morgan fingerprint density at radius 3 is 1.60 bits per heavy atom. The molecule has 0 fully saturated rings. The van der Waals surface area contributed by atoms with Crippen molar-refractivity contribution in [3.63, 3.8) is 0 Å². The van der Waals surface area contributed by atoms with Crippen LogP contribution in [-0.4, -0.2) is 18.2 Å². The van der Waals surface area contributed by atoms with Crippen molar-refractivity contribution in [2.75, 3.05) is 0 Å². The summed E-state index contributed by atoms with van der Waals surface area (Å²) in [6.45, 7) is 3.40. The monoisotopic (exact) mass is 158 g/mol. The van der Waals surface area contributed by atoms with Crippen molar-refractivity contribution in [2.24, 2.45) is 0 Å². The van der Waals surface area contributed by atoms with Crippen LogP contribution in [0.2, 0.25) is 0 Å². The van der Waals surface area contributed by atoms with Crippen LogP contribution in [0.25, 0.3) is 0 Å². The van der Waals surface area contributed by atoms with E-state index in [9.17, 15) is 13.0 Å². The third-order valence-electron chi connectivity index (χ3n) is 1.32. The first-order valence-electron chi connectivity index (χ1n) is 2.97. The molecule has 0 atom stereocenters. The number of hydrogen-bond acceptors (Lipinski definition) is 3. The molecule has 0 aliphatic heterocycles. The predicted molar refractivity (Wildman–Crippen MR) is 34.1 cm³/mol. The zero-order chi connectivity index (χ0) is 7.49. The van der Waals surface area contributed by atoms with Gasteiger partial charge < -0.3 is 4.55 Å². The number of hydrogen-bond donors (Lipinski definition) is 0. The quantitative estimate of drug-likeness (QED) is 0.343. The maximum Gasteiger partial charge on any atom is 1.00 e. The fourth-order valence-corrected chi connectivity index (χ4v) is 1.51. The Morgan fingerprint density at radius 1 is 1.30 bits per heavy atom. The largest absolute Gasteiger partial charge is 1.00 e. The molecule has 0 rings (SSSR count). The molecule has 0 amide bonds. The molecule has 56 valence electrons. The first kappa shape index (κ1) is 13.1. The summed E-state index contributed by atoms with van der Waals surface area (Å²) in [6, 6.07) is 0. The van der Waals surface area contributed by atoms with Crippen molar-refractivity contribution in [2.45, 2.75) is 31.9 Å². The summed E-state index contributed by atoms with van der Waals surface area (Å²) in [5, 5.41) is -0.683. The first-order valence-corrected chi connectivity index (χ1v) is 4.44. The van der Waals surface area contributed by atoms with E-state index in [2.05, 4.69) is 0 Å². The van der Waals surface area contributed by atoms with Crippen molar-refractivity contribution in [3.05, 3.63) is 0 Å². The van der Waals surface area contributed by atoms with Gasteiger partial charge in [-0.15, -0.1) is 0 Å². The van der Waals surface area contributed by atoms with Gasteiger partial charge in [0.05, 0.1) is 10.1 Å². The molecule has 0 aromatic rings. The third kappa shape index (κ3) is 4.34. The average molecular weight is 158 g/mol. The van der Waals surface area contributed by atoms with Crippen LogP contribution < -0.4 is 18.9 Å². The van der Waals surface area contributed by atoms with E-state index in [0.29, 0.717) is 12.8 Å². The summed E-state index contributed by atoms with van der Waals surface area (Å²) < 4.78 is 30.7. The Bertz CT molecular complexity index is 160. The molecular weight excluding hydrogens is 147 g/mol. The summed E-state index contributed by atoms with van der Waals surface area (Å²) in [7, 11) is -4.02. The van der Waals surface area contributed by atoms with Crippen molar-refractivity contribution in [3.8, 4) is 0 Å². The SMILES string of the molecule is CCC(CC)S(=O)(=O)[O-].[Li+]. The van der Waals surface area contributed by atoms with Gasteiger partial charge in [0.15, 0.2) is 0 Å². The van der Waals surface area contributed by atoms with Gasteiger partial charge >= 0.3 is 18.9 Å². The summed E-state index contributed by atoms with van der Waals surface area (Å²) in [6.07, 6.45) is 0.838. The Labute approximate surface area is 74.1 Å². The minimum Gasteiger partial charge on any atom is -0.748 e. The molecule has 0 unspecified atom stereocenters. The Balaban J connectivity index is 0. The molecular formula is C5H11LiO3S. The van der Waals surface area contributed by atoms with Crippen LogP contribution in [0.1, 0.15) is 26.7 Å². The zero-order valence-electron chi connectivity index (χ0n) is 6.62. The molecule has 0 spiro atoms. The molecule has 3 nitrogen and oxygen atoms in total. The molecule has 0 N–H and O–H groups in total. The molecule has 0 saturated carbocycles. The van der Waals surface area contributed by atoms with Gasteiger partial charge in [0.1, 0.15) is 0 Å². The average Bonchev–Trinajstić information content (AvgIpc) is 1.65. The molecule has 10 heavy (non-hydrogen) atoms. The molecule has 0 heterocycles. The summed E-state index contributed by atoms with van der Waals surface area (Å²) in [4.78, 5) is 0. The van der Waals surface area contributed by atoms with Gasteiger partial charge in [0.25, 0.3) is 0 Å². The van der Waals surface area contributed by atoms with E-state index >= 15 is 0 Å². The van der Waals surface area contributed by atoms with Crippen molar-refractivity contribution in [1.82, 2.24) is 0 Å². The fourth-order valence-electron chi connectivity index (χ4n) is 0.697. The molecule has 0 radical (unpaired) electrons. The number of rotatable bonds is 3. The van der Waals surface area contributed by atoms with Crippen LogP contribution in [0.4, 0.5) is 0 Å². The maximum absolute atomic E-state index is 10.2. The predicted octanol–water partition coefficient (Wildman–Crippen LogP) is -2.28. The fraction of sp³-hybridized carbons (Fsp3) is 1.00. The summed E-state index contributed by atoms with van der Waals surface area (Å²) in [5.41, 5.74) is 0. The smallest absolute Gasteiger partial charge is 0.748 e.